The summed E-state index contributed by atoms with van der Waals surface area (Å²) >= 11 is 3.38. The van der Waals surface area contributed by atoms with Crippen LogP contribution in [0.1, 0.15) is 18.9 Å². The number of carbonyl (C=O) groups is 1. The van der Waals surface area contributed by atoms with Crippen molar-refractivity contribution >= 4 is 21.9 Å². The standard InChI is InChI=1S/C14H17BrO3/c1-3-12(14(16)17-2)8-9-18-10-11-4-6-13(15)7-5-11/h4-8H,3,9-10H2,1-2H3/b12-8-. The molecule has 1 rings (SSSR count). The van der Waals surface area contributed by atoms with Gasteiger partial charge >= 0.3 is 5.97 Å². The summed E-state index contributed by atoms with van der Waals surface area (Å²) in [6.45, 7) is 2.85. The Morgan fingerprint density at radius 1 is 1.33 bits per heavy atom. The Labute approximate surface area is 116 Å². The molecule has 98 valence electrons. The molecular formula is C14H17BrO3. The van der Waals surface area contributed by atoms with Gasteiger partial charge in [-0.1, -0.05) is 35.0 Å². The maximum absolute atomic E-state index is 11.3. The maximum atomic E-state index is 11.3. The van der Waals surface area contributed by atoms with E-state index in [1.165, 1.54) is 7.11 Å². The number of methoxy groups -OCH3 is 1. The molecule has 0 amide bonds. The Kier molecular flexibility index (Phi) is 6.68. The van der Waals surface area contributed by atoms with Crippen molar-refractivity contribution in [3.05, 3.63) is 46.0 Å². The van der Waals surface area contributed by atoms with Crippen LogP contribution in [0.4, 0.5) is 0 Å². The van der Waals surface area contributed by atoms with Gasteiger partial charge in [-0.05, 0) is 30.2 Å². The molecule has 0 saturated heterocycles. The second-order valence-electron chi connectivity index (χ2n) is 3.72. The molecule has 4 heteroatoms. The predicted octanol–water partition coefficient (Wildman–Crippen LogP) is 3.48. The van der Waals surface area contributed by atoms with Crippen LogP contribution in [0.5, 0.6) is 0 Å². The average molecular weight is 313 g/mol. The largest absolute Gasteiger partial charge is 0.466 e. The molecular weight excluding hydrogens is 296 g/mol. The molecule has 0 aliphatic carbocycles. The zero-order valence-electron chi connectivity index (χ0n) is 10.6. The van der Waals surface area contributed by atoms with Gasteiger partial charge in [0.1, 0.15) is 0 Å². The van der Waals surface area contributed by atoms with E-state index in [1.54, 1.807) is 6.08 Å². The molecule has 0 aliphatic rings. The van der Waals surface area contributed by atoms with Crippen molar-refractivity contribution in [3.63, 3.8) is 0 Å². The first-order valence-corrected chi connectivity index (χ1v) is 6.56. The number of ether oxygens (including phenoxy) is 2. The molecule has 0 aromatic heterocycles. The van der Waals surface area contributed by atoms with E-state index in [4.69, 9.17) is 4.74 Å². The van der Waals surface area contributed by atoms with Crippen LogP contribution in [0, 0.1) is 0 Å². The third-order valence-corrected chi connectivity index (χ3v) is 2.99. The minimum Gasteiger partial charge on any atom is -0.466 e. The normalized spacial score (nSPS) is 11.4. The van der Waals surface area contributed by atoms with E-state index in [1.807, 2.05) is 31.2 Å². The monoisotopic (exact) mass is 312 g/mol. The number of benzene rings is 1. The van der Waals surface area contributed by atoms with E-state index < -0.39 is 0 Å². The molecule has 18 heavy (non-hydrogen) atoms. The van der Waals surface area contributed by atoms with E-state index in [0.717, 1.165) is 10.0 Å². The molecule has 1 aromatic rings. The van der Waals surface area contributed by atoms with Crippen LogP contribution < -0.4 is 0 Å². The van der Waals surface area contributed by atoms with E-state index in [0.29, 0.717) is 25.2 Å². The number of halogens is 1. The van der Waals surface area contributed by atoms with Crippen LogP contribution in [0.25, 0.3) is 0 Å². The Hall–Kier alpha value is -1.13. The number of hydrogen-bond acceptors (Lipinski definition) is 3. The molecule has 0 unspecified atom stereocenters. The van der Waals surface area contributed by atoms with E-state index in [2.05, 4.69) is 20.7 Å². The van der Waals surface area contributed by atoms with Crippen molar-refractivity contribution in [2.75, 3.05) is 13.7 Å². The summed E-state index contributed by atoms with van der Waals surface area (Å²) in [7, 11) is 1.38. The number of carbonyl (C=O) groups excluding carboxylic acids is 1. The van der Waals surface area contributed by atoms with Gasteiger partial charge in [-0.15, -0.1) is 0 Å². The first kappa shape index (κ1) is 14.9. The molecule has 0 N–H and O–H groups in total. The Balaban J connectivity index is 2.39. The average Bonchev–Trinajstić information content (AvgIpc) is 2.40. The zero-order valence-corrected chi connectivity index (χ0v) is 12.2. The molecule has 0 fully saturated rings. The molecule has 0 saturated carbocycles. The summed E-state index contributed by atoms with van der Waals surface area (Å²) in [6.07, 6.45) is 2.42. The molecule has 3 nitrogen and oxygen atoms in total. The first-order chi connectivity index (χ1) is 8.67. The minimum atomic E-state index is -0.287. The Morgan fingerprint density at radius 2 is 2.00 bits per heavy atom. The van der Waals surface area contributed by atoms with Crippen LogP contribution in [0.15, 0.2) is 40.4 Å². The van der Waals surface area contributed by atoms with Gasteiger partial charge in [0.05, 0.1) is 20.3 Å². The minimum absolute atomic E-state index is 0.287. The third-order valence-electron chi connectivity index (χ3n) is 2.46. The van der Waals surface area contributed by atoms with Gasteiger partial charge in [-0.3, -0.25) is 0 Å². The lowest BCUT2D eigenvalue weighted by atomic mass is 10.2. The highest BCUT2D eigenvalue weighted by atomic mass is 79.9. The van der Waals surface area contributed by atoms with Crippen LogP contribution in [-0.4, -0.2) is 19.7 Å². The fourth-order valence-corrected chi connectivity index (χ4v) is 1.68. The lowest BCUT2D eigenvalue weighted by molar-refractivity contribution is -0.136. The molecule has 0 spiro atoms. The van der Waals surface area contributed by atoms with Crippen molar-refractivity contribution in [2.45, 2.75) is 20.0 Å². The van der Waals surface area contributed by atoms with Gasteiger partial charge in [0.2, 0.25) is 0 Å². The first-order valence-electron chi connectivity index (χ1n) is 5.77. The number of rotatable bonds is 6. The molecule has 0 bridgehead atoms. The number of esters is 1. The van der Waals surface area contributed by atoms with Gasteiger partial charge in [0.15, 0.2) is 0 Å². The Bertz CT molecular complexity index is 410. The highest BCUT2D eigenvalue weighted by molar-refractivity contribution is 9.10. The maximum Gasteiger partial charge on any atom is 0.333 e. The van der Waals surface area contributed by atoms with Gasteiger partial charge in [0, 0.05) is 10.0 Å². The SMILES string of the molecule is CC/C(=C/COCc1ccc(Br)cc1)C(=O)OC. The molecule has 0 radical (unpaired) electrons. The van der Waals surface area contributed by atoms with E-state index in [-0.39, 0.29) is 5.97 Å². The third kappa shape index (κ3) is 5.02. The van der Waals surface area contributed by atoms with Gasteiger partial charge in [-0.2, -0.15) is 0 Å². The van der Waals surface area contributed by atoms with Gasteiger partial charge in [-0.25, -0.2) is 4.79 Å². The summed E-state index contributed by atoms with van der Waals surface area (Å²) in [5.74, 6) is -0.287. The second kappa shape index (κ2) is 8.06. The lowest BCUT2D eigenvalue weighted by Crippen LogP contribution is -2.05. The zero-order chi connectivity index (χ0) is 13.4. The quantitative estimate of drug-likeness (QED) is 0.458. The van der Waals surface area contributed by atoms with Gasteiger partial charge in [0.25, 0.3) is 0 Å². The Morgan fingerprint density at radius 3 is 2.56 bits per heavy atom. The van der Waals surface area contributed by atoms with Crippen molar-refractivity contribution in [1.82, 2.24) is 0 Å². The summed E-state index contributed by atoms with van der Waals surface area (Å²) in [4.78, 5) is 11.3. The summed E-state index contributed by atoms with van der Waals surface area (Å²) in [5, 5.41) is 0. The summed E-state index contributed by atoms with van der Waals surface area (Å²) in [6, 6.07) is 7.94. The van der Waals surface area contributed by atoms with Crippen molar-refractivity contribution in [2.24, 2.45) is 0 Å². The van der Waals surface area contributed by atoms with Crippen molar-refractivity contribution < 1.29 is 14.3 Å². The summed E-state index contributed by atoms with van der Waals surface area (Å²) < 4.78 is 11.2. The van der Waals surface area contributed by atoms with Gasteiger partial charge < -0.3 is 9.47 Å². The van der Waals surface area contributed by atoms with Crippen LogP contribution in [-0.2, 0) is 20.9 Å². The predicted molar refractivity (Wildman–Crippen MR) is 74.2 cm³/mol. The van der Waals surface area contributed by atoms with Crippen LogP contribution in [0.3, 0.4) is 0 Å². The lowest BCUT2D eigenvalue weighted by Gasteiger charge is -2.04. The summed E-state index contributed by atoms with van der Waals surface area (Å²) in [5.41, 5.74) is 1.75. The van der Waals surface area contributed by atoms with Crippen molar-refractivity contribution in [1.29, 1.82) is 0 Å². The fourth-order valence-electron chi connectivity index (χ4n) is 1.42. The van der Waals surface area contributed by atoms with Crippen LogP contribution >= 0.6 is 15.9 Å². The fraction of sp³-hybridized carbons (Fsp3) is 0.357. The highest BCUT2D eigenvalue weighted by Gasteiger charge is 2.05. The molecule has 0 atom stereocenters. The molecule has 1 aromatic carbocycles. The second-order valence-corrected chi connectivity index (χ2v) is 4.63. The number of hydrogen-bond donors (Lipinski definition) is 0. The highest BCUT2D eigenvalue weighted by Crippen LogP contribution is 2.11. The molecule has 0 aliphatic heterocycles. The van der Waals surface area contributed by atoms with E-state index >= 15 is 0 Å². The van der Waals surface area contributed by atoms with Crippen LogP contribution in [0.2, 0.25) is 0 Å². The molecule has 0 heterocycles. The topological polar surface area (TPSA) is 35.5 Å². The smallest absolute Gasteiger partial charge is 0.333 e. The van der Waals surface area contributed by atoms with E-state index in [9.17, 15) is 4.79 Å². The van der Waals surface area contributed by atoms with Crippen molar-refractivity contribution in [3.8, 4) is 0 Å².